The molecule has 0 saturated heterocycles. The second kappa shape index (κ2) is 7.99. The molecule has 0 aliphatic carbocycles. The van der Waals surface area contributed by atoms with Gasteiger partial charge in [0.15, 0.2) is 0 Å². The van der Waals surface area contributed by atoms with Crippen LogP contribution in [0.3, 0.4) is 0 Å². The van der Waals surface area contributed by atoms with E-state index in [2.05, 4.69) is 25.2 Å². The van der Waals surface area contributed by atoms with Gasteiger partial charge in [0, 0.05) is 10.6 Å². The number of anilines is 1. The number of para-hydroxylation sites is 1. The van der Waals surface area contributed by atoms with Crippen molar-refractivity contribution in [3.63, 3.8) is 0 Å². The quantitative estimate of drug-likeness (QED) is 0.754. The van der Waals surface area contributed by atoms with Gasteiger partial charge in [-0.1, -0.05) is 32.0 Å². The van der Waals surface area contributed by atoms with Gasteiger partial charge in [-0.05, 0) is 48.2 Å². The Labute approximate surface area is 135 Å². The second-order valence-corrected chi connectivity index (χ2v) is 6.24. The summed E-state index contributed by atoms with van der Waals surface area (Å²) in [6.45, 7) is 4.28. The van der Waals surface area contributed by atoms with Crippen molar-refractivity contribution < 1.29 is 9.18 Å². The fourth-order valence-electron chi connectivity index (χ4n) is 2.13. The number of amides is 1. The van der Waals surface area contributed by atoms with E-state index < -0.39 is 0 Å². The van der Waals surface area contributed by atoms with E-state index in [0.29, 0.717) is 11.7 Å². The first kappa shape index (κ1) is 16.6. The van der Waals surface area contributed by atoms with Gasteiger partial charge in [-0.15, -0.1) is 11.8 Å². The summed E-state index contributed by atoms with van der Waals surface area (Å²) in [7, 11) is 0. The van der Waals surface area contributed by atoms with Gasteiger partial charge < -0.3 is 5.32 Å². The number of carbonyl (C=O) groups excluding carboxylic acids is 1. The maximum absolute atomic E-state index is 12.8. The van der Waals surface area contributed by atoms with Gasteiger partial charge in [-0.3, -0.25) is 4.79 Å². The molecule has 0 unspecified atom stereocenters. The van der Waals surface area contributed by atoms with Crippen LogP contribution < -0.4 is 5.32 Å². The molecule has 1 amide bonds. The normalized spacial score (nSPS) is 12.0. The first-order chi connectivity index (χ1) is 10.6. The average Bonchev–Trinajstić information content (AvgIpc) is 2.54. The van der Waals surface area contributed by atoms with Gasteiger partial charge in [0.1, 0.15) is 5.82 Å². The zero-order valence-electron chi connectivity index (χ0n) is 12.8. The van der Waals surface area contributed by atoms with Gasteiger partial charge in [0.05, 0.1) is 5.75 Å². The minimum Gasteiger partial charge on any atom is -0.325 e. The molecule has 1 N–H and O–H groups in total. The van der Waals surface area contributed by atoms with Crippen molar-refractivity contribution in [2.24, 2.45) is 0 Å². The van der Waals surface area contributed by atoms with Crippen LogP contribution in [0, 0.1) is 5.82 Å². The number of hydrogen-bond acceptors (Lipinski definition) is 2. The molecular formula is C18H20FNOS. The predicted octanol–water partition coefficient (Wildman–Crippen LogP) is 5.07. The van der Waals surface area contributed by atoms with E-state index in [9.17, 15) is 9.18 Å². The molecule has 0 saturated carbocycles. The highest BCUT2D eigenvalue weighted by molar-refractivity contribution is 8.00. The maximum atomic E-state index is 12.8. The number of rotatable bonds is 6. The topological polar surface area (TPSA) is 29.1 Å². The molecule has 2 aromatic carbocycles. The third-order valence-electron chi connectivity index (χ3n) is 3.56. The van der Waals surface area contributed by atoms with Crippen molar-refractivity contribution >= 4 is 23.4 Å². The van der Waals surface area contributed by atoms with E-state index in [-0.39, 0.29) is 11.7 Å². The summed E-state index contributed by atoms with van der Waals surface area (Å²) in [5.74, 6) is 0.392. The molecule has 0 aliphatic rings. The van der Waals surface area contributed by atoms with Crippen LogP contribution >= 0.6 is 11.8 Å². The van der Waals surface area contributed by atoms with Crippen molar-refractivity contribution in [1.82, 2.24) is 0 Å². The van der Waals surface area contributed by atoms with Crippen LogP contribution in [0.2, 0.25) is 0 Å². The number of benzene rings is 2. The molecule has 0 aliphatic heterocycles. The fraction of sp³-hybridized carbons (Fsp3) is 0.278. The fourth-order valence-corrected chi connectivity index (χ4v) is 2.82. The molecule has 4 heteroatoms. The average molecular weight is 317 g/mol. The molecule has 0 aromatic heterocycles. The summed E-state index contributed by atoms with van der Waals surface area (Å²) in [4.78, 5) is 13.0. The van der Waals surface area contributed by atoms with E-state index in [0.717, 1.165) is 22.6 Å². The monoisotopic (exact) mass is 317 g/mol. The van der Waals surface area contributed by atoms with Gasteiger partial charge in [-0.25, -0.2) is 4.39 Å². The van der Waals surface area contributed by atoms with Gasteiger partial charge in [0.2, 0.25) is 5.91 Å². The Hall–Kier alpha value is -1.81. The van der Waals surface area contributed by atoms with E-state index in [1.165, 1.54) is 23.9 Å². The molecule has 2 nitrogen and oxygen atoms in total. The summed E-state index contributed by atoms with van der Waals surface area (Å²) in [5, 5.41) is 2.97. The molecule has 1 atom stereocenters. The van der Waals surface area contributed by atoms with Crippen molar-refractivity contribution in [2.75, 3.05) is 11.1 Å². The number of nitrogens with one attached hydrogen (secondary N) is 1. The Kier molecular flexibility index (Phi) is 6.01. The number of halogens is 1. The Balaban J connectivity index is 1.96. The molecule has 0 heterocycles. The lowest BCUT2D eigenvalue weighted by atomic mass is 9.97. The molecule has 0 bridgehead atoms. The molecule has 0 spiro atoms. The van der Waals surface area contributed by atoms with E-state index >= 15 is 0 Å². The smallest absolute Gasteiger partial charge is 0.234 e. The van der Waals surface area contributed by atoms with Crippen LogP contribution in [0.5, 0.6) is 0 Å². The van der Waals surface area contributed by atoms with Crippen molar-refractivity contribution in [1.29, 1.82) is 0 Å². The number of hydrogen-bond donors (Lipinski definition) is 1. The van der Waals surface area contributed by atoms with Crippen LogP contribution in [-0.2, 0) is 4.79 Å². The minimum atomic E-state index is -0.267. The van der Waals surface area contributed by atoms with Crippen molar-refractivity contribution in [3.8, 4) is 0 Å². The van der Waals surface area contributed by atoms with Crippen LogP contribution in [-0.4, -0.2) is 11.7 Å². The SMILES string of the molecule is CC[C@@H](C)c1ccccc1NC(=O)CSc1ccc(F)cc1. The summed E-state index contributed by atoms with van der Waals surface area (Å²) >= 11 is 1.40. The van der Waals surface area contributed by atoms with Crippen LogP contribution in [0.25, 0.3) is 0 Å². The van der Waals surface area contributed by atoms with Gasteiger partial charge in [-0.2, -0.15) is 0 Å². The Morgan fingerprint density at radius 3 is 2.55 bits per heavy atom. The summed E-state index contributed by atoms with van der Waals surface area (Å²) < 4.78 is 12.8. The van der Waals surface area contributed by atoms with Crippen molar-refractivity contribution in [3.05, 3.63) is 59.9 Å². The van der Waals surface area contributed by atoms with Crippen molar-refractivity contribution in [2.45, 2.75) is 31.1 Å². The van der Waals surface area contributed by atoms with Gasteiger partial charge in [0.25, 0.3) is 0 Å². The zero-order chi connectivity index (χ0) is 15.9. The predicted molar refractivity (Wildman–Crippen MR) is 90.9 cm³/mol. The summed E-state index contributed by atoms with van der Waals surface area (Å²) in [6.07, 6.45) is 1.03. The van der Waals surface area contributed by atoms with E-state index in [4.69, 9.17) is 0 Å². The Bertz CT molecular complexity index is 627. The van der Waals surface area contributed by atoms with Crippen LogP contribution in [0.4, 0.5) is 10.1 Å². The molecule has 0 radical (unpaired) electrons. The van der Waals surface area contributed by atoms with Gasteiger partial charge >= 0.3 is 0 Å². The highest BCUT2D eigenvalue weighted by Gasteiger charge is 2.11. The lowest BCUT2D eigenvalue weighted by Crippen LogP contribution is -2.15. The molecule has 2 aromatic rings. The first-order valence-corrected chi connectivity index (χ1v) is 8.36. The second-order valence-electron chi connectivity index (χ2n) is 5.19. The lowest BCUT2D eigenvalue weighted by Gasteiger charge is -2.15. The molecule has 116 valence electrons. The largest absolute Gasteiger partial charge is 0.325 e. The van der Waals surface area contributed by atoms with Crippen LogP contribution in [0.15, 0.2) is 53.4 Å². The molecule has 2 rings (SSSR count). The summed E-state index contributed by atoms with van der Waals surface area (Å²) in [5.41, 5.74) is 2.03. The highest BCUT2D eigenvalue weighted by Crippen LogP contribution is 2.27. The molecule has 22 heavy (non-hydrogen) atoms. The van der Waals surface area contributed by atoms with Crippen LogP contribution in [0.1, 0.15) is 31.7 Å². The third kappa shape index (κ3) is 4.60. The number of carbonyl (C=O) groups is 1. The maximum Gasteiger partial charge on any atom is 0.234 e. The number of thioether (sulfide) groups is 1. The molecule has 0 fully saturated rings. The Morgan fingerprint density at radius 1 is 1.18 bits per heavy atom. The zero-order valence-corrected chi connectivity index (χ0v) is 13.6. The highest BCUT2D eigenvalue weighted by atomic mass is 32.2. The lowest BCUT2D eigenvalue weighted by molar-refractivity contribution is -0.113. The molecular weight excluding hydrogens is 297 g/mol. The Morgan fingerprint density at radius 2 is 1.86 bits per heavy atom. The summed E-state index contributed by atoms with van der Waals surface area (Å²) in [6, 6.07) is 14.1. The van der Waals surface area contributed by atoms with E-state index in [1.807, 2.05) is 18.2 Å². The first-order valence-electron chi connectivity index (χ1n) is 7.37. The third-order valence-corrected chi connectivity index (χ3v) is 4.57. The standard InChI is InChI=1S/C18H20FNOS/c1-3-13(2)16-6-4-5-7-17(16)20-18(21)12-22-15-10-8-14(19)9-11-15/h4-11,13H,3,12H2,1-2H3,(H,20,21)/t13-/m1/s1. The van der Waals surface area contributed by atoms with E-state index in [1.54, 1.807) is 12.1 Å². The minimum absolute atomic E-state index is 0.0509.